The first-order valence-corrected chi connectivity index (χ1v) is 6.61. The van der Waals surface area contributed by atoms with E-state index in [1.807, 2.05) is 24.3 Å². The molecule has 96 valence electrons. The van der Waals surface area contributed by atoms with Crippen LogP contribution in [-0.2, 0) is 0 Å². The first kappa shape index (κ1) is 11.1. The molecule has 2 N–H and O–H groups in total. The lowest BCUT2D eigenvalue weighted by Gasteiger charge is -2.01. The van der Waals surface area contributed by atoms with E-state index in [1.54, 1.807) is 12.1 Å². The van der Waals surface area contributed by atoms with Gasteiger partial charge in [-0.3, -0.25) is 0 Å². The maximum Gasteiger partial charge on any atom is 0.117 e. The van der Waals surface area contributed by atoms with Gasteiger partial charge in [-0.15, -0.1) is 0 Å². The van der Waals surface area contributed by atoms with Gasteiger partial charge in [0.25, 0.3) is 0 Å². The molecule has 0 saturated carbocycles. The SMILES string of the molecule is Oc1ccc2c(c1)[nH]c1ccc(-c3ccccc3)cc12. The highest BCUT2D eigenvalue weighted by atomic mass is 16.3. The second-order valence-electron chi connectivity index (χ2n) is 4.98. The van der Waals surface area contributed by atoms with Crippen LogP contribution in [-0.4, -0.2) is 10.1 Å². The zero-order valence-corrected chi connectivity index (χ0v) is 10.8. The maximum atomic E-state index is 9.57. The van der Waals surface area contributed by atoms with Crippen molar-refractivity contribution in [2.45, 2.75) is 0 Å². The van der Waals surface area contributed by atoms with Gasteiger partial charge in [-0.1, -0.05) is 36.4 Å². The van der Waals surface area contributed by atoms with E-state index >= 15 is 0 Å². The number of aromatic nitrogens is 1. The van der Waals surface area contributed by atoms with E-state index in [0.29, 0.717) is 0 Å². The van der Waals surface area contributed by atoms with E-state index in [0.717, 1.165) is 16.4 Å². The highest BCUT2D eigenvalue weighted by molar-refractivity contribution is 6.08. The molecule has 2 nitrogen and oxygen atoms in total. The number of benzene rings is 3. The summed E-state index contributed by atoms with van der Waals surface area (Å²) in [5.41, 5.74) is 4.46. The Bertz CT molecular complexity index is 907. The van der Waals surface area contributed by atoms with E-state index in [2.05, 4.69) is 35.3 Å². The van der Waals surface area contributed by atoms with Crippen molar-refractivity contribution < 1.29 is 5.11 Å². The van der Waals surface area contributed by atoms with E-state index < -0.39 is 0 Å². The summed E-state index contributed by atoms with van der Waals surface area (Å²) >= 11 is 0. The molecule has 0 radical (unpaired) electrons. The molecule has 1 aromatic heterocycles. The standard InChI is InChI=1S/C18H13NO/c20-14-7-8-15-16-10-13(12-4-2-1-3-5-12)6-9-17(16)19-18(15)11-14/h1-11,19-20H. The number of hydrogen-bond donors (Lipinski definition) is 2. The number of H-pyrrole nitrogens is 1. The van der Waals surface area contributed by atoms with Crippen LogP contribution in [0.25, 0.3) is 32.9 Å². The smallest absolute Gasteiger partial charge is 0.117 e. The molecule has 0 spiro atoms. The molecule has 0 aliphatic rings. The van der Waals surface area contributed by atoms with Gasteiger partial charge < -0.3 is 10.1 Å². The first-order chi connectivity index (χ1) is 9.81. The van der Waals surface area contributed by atoms with Gasteiger partial charge in [0, 0.05) is 22.4 Å². The third kappa shape index (κ3) is 1.66. The number of aromatic amines is 1. The summed E-state index contributed by atoms with van der Waals surface area (Å²) in [5.74, 6) is 0.285. The Morgan fingerprint density at radius 1 is 0.650 bits per heavy atom. The Morgan fingerprint density at radius 2 is 1.50 bits per heavy atom. The fraction of sp³-hybridized carbons (Fsp3) is 0. The van der Waals surface area contributed by atoms with E-state index in [-0.39, 0.29) is 5.75 Å². The van der Waals surface area contributed by atoms with Gasteiger partial charge >= 0.3 is 0 Å². The van der Waals surface area contributed by atoms with Crippen LogP contribution in [0.5, 0.6) is 5.75 Å². The van der Waals surface area contributed by atoms with Crippen molar-refractivity contribution in [1.29, 1.82) is 0 Å². The van der Waals surface area contributed by atoms with Crippen molar-refractivity contribution in [3.8, 4) is 16.9 Å². The molecule has 0 amide bonds. The summed E-state index contributed by atoms with van der Waals surface area (Å²) in [6.45, 7) is 0. The van der Waals surface area contributed by atoms with Crippen molar-refractivity contribution in [3.63, 3.8) is 0 Å². The fourth-order valence-electron chi connectivity index (χ4n) is 2.70. The largest absolute Gasteiger partial charge is 0.508 e. The second kappa shape index (κ2) is 4.14. The van der Waals surface area contributed by atoms with E-state index in [1.165, 1.54) is 16.5 Å². The Morgan fingerprint density at radius 3 is 2.35 bits per heavy atom. The number of fused-ring (bicyclic) bond motifs is 3. The molecule has 0 fully saturated rings. The molecule has 4 aromatic rings. The van der Waals surface area contributed by atoms with Gasteiger partial charge in [-0.25, -0.2) is 0 Å². The Hall–Kier alpha value is -2.74. The average Bonchev–Trinajstić information content (AvgIpc) is 2.84. The minimum absolute atomic E-state index is 0.285. The normalized spacial score (nSPS) is 11.2. The second-order valence-corrected chi connectivity index (χ2v) is 4.98. The van der Waals surface area contributed by atoms with Crippen LogP contribution in [0.3, 0.4) is 0 Å². The van der Waals surface area contributed by atoms with Crippen LogP contribution in [0.1, 0.15) is 0 Å². The summed E-state index contributed by atoms with van der Waals surface area (Å²) < 4.78 is 0. The number of phenols is 1. The number of rotatable bonds is 1. The molecule has 0 aliphatic heterocycles. The lowest BCUT2D eigenvalue weighted by molar-refractivity contribution is 0.476. The van der Waals surface area contributed by atoms with Gasteiger partial charge in [0.1, 0.15) is 5.75 Å². The van der Waals surface area contributed by atoms with Gasteiger partial charge in [0.05, 0.1) is 5.52 Å². The molecule has 0 aliphatic carbocycles. The Labute approximate surface area is 116 Å². The van der Waals surface area contributed by atoms with Gasteiger partial charge in [-0.05, 0) is 35.4 Å². The summed E-state index contributed by atoms with van der Waals surface area (Å²) in [4.78, 5) is 3.34. The van der Waals surface area contributed by atoms with Crippen molar-refractivity contribution in [2.75, 3.05) is 0 Å². The summed E-state index contributed by atoms with van der Waals surface area (Å²) in [5, 5.41) is 11.9. The third-order valence-electron chi connectivity index (χ3n) is 3.69. The minimum atomic E-state index is 0.285. The highest BCUT2D eigenvalue weighted by Gasteiger charge is 2.06. The molecular formula is C18H13NO. The first-order valence-electron chi connectivity index (χ1n) is 6.61. The van der Waals surface area contributed by atoms with Crippen LogP contribution >= 0.6 is 0 Å². The summed E-state index contributed by atoms with van der Waals surface area (Å²) in [7, 11) is 0. The molecule has 0 bridgehead atoms. The number of aromatic hydroxyl groups is 1. The lowest BCUT2D eigenvalue weighted by Crippen LogP contribution is -1.76. The molecule has 3 aromatic carbocycles. The molecule has 0 saturated heterocycles. The average molecular weight is 259 g/mol. The predicted molar refractivity (Wildman–Crippen MR) is 82.9 cm³/mol. The molecule has 4 rings (SSSR count). The van der Waals surface area contributed by atoms with Crippen molar-refractivity contribution in [3.05, 3.63) is 66.7 Å². The lowest BCUT2D eigenvalue weighted by atomic mass is 10.0. The summed E-state index contributed by atoms with van der Waals surface area (Å²) in [6.07, 6.45) is 0. The quantitative estimate of drug-likeness (QED) is 0.511. The van der Waals surface area contributed by atoms with Crippen LogP contribution in [0, 0.1) is 0 Å². The van der Waals surface area contributed by atoms with Crippen molar-refractivity contribution >= 4 is 21.8 Å². The minimum Gasteiger partial charge on any atom is -0.508 e. The van der Waals surface area contributed by atoms with Crippen LogP contribution < -0.4 is 0 Å². The molecule has 0 unspecified atom stereocenters. The highest BCUT2D eigenvalue weighted by Crippen LogP contribution is 2.31. The molecule has 2 heteroatoms. The predicted octanol–water partition coefficient (Wildman–Crippen LogP) is 4.69. The van der Waals surface area contributed by atoms with E-state index in [4.69, 9.17) is 0 Å². The van der Waals surface area contributed by atoms with E-state index in [9.17, 15) is 5.11 Å². The molecule has 20 heavy (non-hydrogen) atoms. The number of hydrogen-bond acceptors (Lipinski definition) is 1. The topological polar surface area (TPSA) is 36.0 Å². The Balaban J connectivity index is 2.01. The zero-order valence-electron chi connectivity index (χ0n) is 10.8. The van der Waals surface area contributed by atoms with Gasteiger partial charge in [0.2, 0.25) is 0 Å². The third-order valence-corrected chi connectivity index (χ3v) is 3.69. The van der Waals surface area contributed by atoms with Crippen LogP contribution in [0.15, 0.2) is 66.7 Å². The van der Waals surface area contributed by atoms with Crippen LogP contribution in [0.4, 0.5) is 0 Å². The number of phenolic OH excluding ortho intramolecular Hbond substituents is 1. The molecular weight excluding hydrogens is 246 g/mol. The Kier molecular flexibility index (Phi) is 2.30. The van der Waals surface area contributed by atoms with Gasteiger partial charge in [-0.2, -0.15) is 0 Å². The van der Waals surface area contributed by atoms with Crippen molar-refractivity contribution in [1.82, 2.24) is 4.98 Å². The number of nitrogens with one attached hydrogen (secondary N) is 1. The molecule has 1 heterocycles. The van der Waals surface area contributed by atoms with Gasteiger partial charge in [0.15, 0.2) is 0 Å². The monoisotopic (exact) mass is 259 g/mol. The summed E-state index contributed by atoms with van der Waals surface area (Å²) in [6, 6.07) is 22.2. The maximum absolute atomic E-state index is 9.57. The van der Waals surface area contributed by atoms with Crippen LogP contribution in [0.2, 0.25) is 0 Å². The fourth-order valence-corrected chi connectivity index (χ4v) is 2.70. The van der Waals surface area contributed by atoms with Crippen molar-refractivity contribution in [2.24, 2.45) is 0 Å². The molecule has 0 atom stereocenters. The zero-order chi connectivity index (χ0) is 13.5.